The third kappa shape index (κ3) is 3.09. The fourth-order valence-corrected chi connectivity index (χ4v) is 1.55. The van der Waals surface area contributed by atoms with Gasteiger partial charge in [0.25, 0.3) is 0 Å². The minimum absolute atomic E-state index is 0.283. The summed E-state index contributed by atoms with van der Waals surface area (Å²) in [5.74, 6) is 0.385. The summed E-state index contributed by atoms with van der Waals surface area (Å²) < 4.78 is 5.42. The minimum atomic E-state index is 0.283. The van der Waals surface area contributed by atoms with Gasteiger partial charge in [-0.05, 0) is 12.8 Å². The van der Waals surface area contributed by atoms with E-state index in [2.05, 4.69) is 18.7 Å². The van der Waals surface area contributed by atoms with Gasteiger partial charge in [0.15, 0.2) is 0 Å². The number of aliphatic hydroxyl groups excluding tert-OH is 1. The number of nitrogens with zero attached hydrogens (tertiary/aromatic N) is 1. The Kier molecular flexibility index (Phi) is 3.98. The summed E-state index contributed by atoms with van der Waals surface area (Å²) in [6, 6.07) is 0. The van der Waals surface area contributed by atoms with Crippen molar-refractivity contribution in [3.8, 4) is 0 Å². The lowest BCUT2D eigenvalue weighted by atomic mass is 10.1. The standard InChI is InChI=1S/C9H19NO2/c1-8(7-11)5-10-3-4-12-9(2)6-10/h8-9,11H,3-7H2,1-2H3/t8?,9-/m1/s1. The van der Waals surface area contributed by atoms with Crippen LogP contribution in [0.3, 0.4) is 0 Å². The number of rotatable bonds is 3. The molecule has 0 aliphatic carbocycles. The zero-order chi connectivity index (χ0) is 8.97. The lowest BCUT2D eigenvalue weighted by Crippen LogP contribution is -2.43. The second-order valence-corrected chi connectivity index (χ2v) is 3.73. The lowest BCUT2D eigenvalue weighted by molar-refractivity contribution is -0.0246. The molecule has 0 aromatic rings. The van der Waals surface area contributed by atoms with Crippen molar-refractivity contribution >= 4 is 0 Å². The Balaban J connectivity index is 2.22. The SMILES string of the molecule is CC(CO)CN1CCO[C@H](C)C1. The Morgan fingerprint density at radius 2 is 2.42 bits per heavy atom. The molecular weight excluding hydrogens is 154 g/mol. The molecule has 1 aliphatic rings. The summed E-state index contributed by atoms with van der Waals surface area (Å²) in [5.41, 5.74) is 0. The first-order chi connectivity index (χ1) is 5.72. The van der Waals surface area contributed by atoms with Crippen LogP contribution in [0.15, 0.2) is 0 Å². The average Bonchev–Trinajstić information content (AvgIpc) is 2.04. The fraction of sp³-hybridized carbons (Fsp3) is 1.00. The van der Waals surface area contributed by atoms with Gasteiger partial charge in [0.05, 0.1) is 12.7 Å². The van der Waals surface area contributed by atoms with Crippen LogP contribution in [-0.4, -0.2) is 49.0 Å². The maximum atomic E-state index is 8.87. The molecular formula is C9H19NO2. The van der Waals surface area contributed by atoms with Crippen molar-refractivity contribution in [2.24, 2.45) is 5.92 Å². The molecule has 1 unspecified atom stereocenters. The van der Waals surface area contributed by atoms with Gasteiger partial charge in [-0.15, -0.1) is 0 Å². The molecule has 72 valence electrons. The van der Waals surface area contributed by atoms with Crippen molar-refractivity contribution in [1.82, 2.24) is 4.90 Å². The molecule has 0 radical (unpaired) electrons. The molecule has 3 heteroatoms. The average molecular weight is 173 g/mol. The minimum Gasteiger partial charge on any atom is -0.396 e. The van der Waals surface area contributed by atoms with Gasteiger partial charge in [-0.25, -0.2) is 0 Å². The quantitative estimate of drug-likeness (QED) is 0.668. The van der Waals surface area contributed by atoms with Crippen LogP contribution in [0.25, 0.3) is 0 Å². The van der Waals surface area contributed by atoms with E-state index in [4.69, 9.17) is 9.84 Å². The normalized spacial score (nSPS) is 28.8. The van der Waals surface area contributed by atoms with Crippen LogP contribution < -0.4 is 0 Å². The summed E-state index contributed by atoms with van der Waals surface area (Å²) in [7, 11) is 0. The predicted octanol–water partition coefficient (Wildman–Crippen LogP) is 0.335. The van der Waals surface area contributed by atoms with Crippen LogP contribution in [-0.2, 0) is 4.74 Å². The van der Waals surface area contributed by atoms with Gasteiger partial charge in [0, 0.05) is 26.2 Å². The van der Waals surface area contributed by atoms with E-state index in [0.29, 0.717) is 12.0 Å². The van der Waals surface area contributed by atoms with E-state index in [1.165, 1.54) is 0 Å². The number of morpholine rings is 1. The molecule has 2 atom stereocenters. The van der Waals surface area contributed by atoms with Crippen LogP contribution in [0.4, 0.5) is 0 Å². The van der Waals surface area contributed by atoms with Gasteiger partial charge < -0.3 is 9.84 Å². The Hall–Kier alpha value is -0.120. The van der Waals surface area contributed by atoms with Crippen molar-refractivity contribution in [1.29, 1.82) is 0 Å². The largest absolute Gasteiger partial charge is 0.396 e. The second kappa shape index (κ2) is 4.80. The van der Waals surface area contributed by atoms with Crippen LogP contribution in [0, 0.1) is 5.92 Å². The van der Waals surface area contributed by atoms with Crippen molar-refractivity contribution in [2.45, 2.75) is 20.0 Å². The lowest BCUT2D eigenvalue weighted by Gasteiger charge is -2.32. The van der Waals surface area contributed by atoms with Gasteiger partial charge in [-0.1, -0.05) is 6.92 Å². The second-order valence-electron chi connectivity index (χ2n) is 3.73. The highest BCUT2D eigenvalue weighted by Crippen LogP contribution is 2.06. The van der Waals surface area contributed by atoms with Crippen molar-refractivity contribution in [3.63, 3.8) is 0 Å². The monoisotopic (exact) mass is 173 g/mol. The molecule has 1 N–H and O–H groups in total. The van der Waals surface area contributed by atoms with Gasteiger partial charge >= 0.3 is 0 Å². The number of aliphatic hydroxyl groups is 1. The predicted molar refractivity (Wildman–Crippen MR) is 48.1 cm³/mol. The number of ether oxygens (including phenoxy) is 1. The molecule has 0 amide bonds. The first-order valence-electron chi connectivity index (χ1n) is 4.67. The highest BCUT2D eigenvalue weighted by molar-refractivity contribution is 4.69. The summed E-state index contributed by atoms with van der Waals surface area (Å²) in [5, 5.41) is 8.87. The van der Waals surface area contributed by atoms with Gasteiger partial charge in [0.1, 0.15) is 0 Å². The van der Waals surface area contributed by atoms with Gasteiger partial charge in [-0.2, -0.15) is 0 Å². The summed E-state index contributed by atoms with van der Waals surface area (Å²) >= 11 is 0. The van der Waals surface area contributed by atoms with E-state index < -0.39 is 0 Å². The first-order valence-corrected chi connectivity index (χ1v) is 4.67. The van der Waals surface area contributed by atoms with E-state index in [1.807, 2.05) is 0 Å². The van der Waals surface area contributed by atoms with Crippen LogP contribution in [0.1, 0.15) is 13.8 Å². The Labute approximate surface area is 74.3 Å². The van der Waals surface area contributed by atoms with Crippen molar-refractivity contribution in [2.75, 3.05) is 32.8 Å². The van der Waals surface area contributed by atoms with E-state index in [1.54, 1.807) is 0 Å². The number of hydrogen-bond donors (Lipinski definition) is 1. The maximum Gasteiger partial charge on any atom is 0.0674 e. The molecule has 1 aliphatic heterocycles. The van der Waals surface area contributed by atoms with Crippen LogP contribution in [0.5, 0.6) is 0 Å². The molecule has 0 saturated carbocycles. The molecule has 0 bridgehead atoms. The molecule has 0 spiro atoms. The summed E-state index contributed by atoms with van der Waals surface area (Å²) in [6.07, 6.45) is 0.352. The molecule has 1 rings (SSSR count). The zero-order valence-electron chi connectivity index (χ0n) is 7.99. The third-order valence-corrected chi connectivity index (χ3v) is 2.21. The van der Waals surface area contributed by atoms with Gasteiger partial charge in [0.2, 0.25) is 0 Å². The highest BCUT2D eigenvalue weighted by atomic mass is 16.5. The Morgan fingerprint density at radius 1 is 1.67 bits per heavy atom. The molecule has 1 heterocycles. The van der Waals surface area contributed by atoms with E-state index >= 15 is 0 Å². The maximum absolute atomic E-state index is 8.87. The molecule has 1 saturated heterocycles. The topological polar surface area (TPSA) is 32.7 Å². The number of hydrogen-bond acceptors (Lipinski definition) is 3. The molecule has 12 heavy (non-hydrogen) atoms. The highest BCUT2D eigenvalue weighted by Gasteiger charge is 2.17. The molecule has 0 aromatic carbocycles. The Bertz CT molecular complexity index is 130. The molecule has 3 nitrogen and oxygen atoms in total. The van der Waals surface area contributed by atoms with E-state index in [9.17, 15) is 0 Å². The summed E-state index contributed by atoms with van der Waals surface area (Å²) in [6.45, 7) is 8.28. The third-order valence-electron chi connectivity index (χ3n) is 2.21. The van der Waals surface area contributed by atoms with Crippen molar-refractivity contribution in [3.05, 3.63) is 0 Å². The van der Waals surface area contributed by atoms with E-state index in [-0.39, 0.29) is 6.61 Å². The fourth-order valence-electron chi connectivity index (χ4n) is 1.55. The molecule has 1 fully saturated rings. The van der Waals surface area contributed by atoms with E-state index in [0.717, 1.165) is 26.2 Å². The van der Waals surface area contributed by atoms with Crippen LogP contribution in [0.2, 0.25) is 0 Å². The smallest absolute Gasteiger partial charge is 0.0674 e. The Morgan fingerprint density at radius 3 is 3.00 bits per heavy atom. The van der Waals surface area contributed by atoms with Crippen molar-refractivity contribution < 1.29 is 9.84 Å². The summed E-state index contributed by atoms with van der Waals surface area (Å²) in [4.78, 5) is 2.36. The molecule has 0 aromatic heterocycles. The zero-order valence-corrected chi connectivity index (χ0v) is 7.99. The van der Waals surface area contributed by atoms with Crippen LogP contribution >= 0.6 is 0 Å². The first kappa shape index (κ1) is 9.96. The van der Waals surface area contributed by atoms with Gasteiger partial charge in [-0.3, -0.25) is 4.90 Å².